The van der Waals surface area contributed by atoms with Crippen LogP contribution in [-0.4, -0.2) is 28.2 Å². The lowest BCUT2D eigenvalue weighted by Gasteiger charge is -1.55. The summed E-state index contributed by atoms with van der Waals surface area (Å²) in [5.74, 6) is 0. The molecule has 0 aliphatic heterocycles. The van der Waals surface area contributed by atoms with Crippen molar-refractivity contribution in [3.8, 4) is 0 Å². The number of hydrogen-bond donors (Lipinski definition) is 1. The summed E-state index contributed by atoms with van der Waals surface area (Å²) in [5.41, 5.74) is 0. The molecule has 0 spiro atoms. The summed E-state index contributed by atoms with van der Waals surface area (Å²) < 4.78 is 29.0. The van der Waals surface area contributed by atoms with Crippen molar-refractivity contribution in [3.63, 3.8) is 0 Å². The molecule has 0 atom stereocenters. The molecule has 0 saturated heterocycles. The van der Waals surface area contributed by atoms with Crippen LogP contribution in [0.5, 0.6) is 0 Å². The first-order valence-corrected chi connectivity index (χ1v) is 1.83. The fourth-order valence-electron chi connectivity index (χ4n) is 0.129. The van der Waals surface area contributed by atoms with Gasteiger partial charge in [-0.15, -0.1) is 5.10 Å². The molecule has 1 aromatic rings. The third kappa shape index (κ3) is 10.9. The number of tetrazole rings is 1. The van der Waals surface area contributed by atoms with Gasteiger partial charge in [0.2, 0.25) is 0 Å². The summed E-state index contributed by atoms with van der Waals surface area (Å²) in [5, 5.41) is 12.1. The zero-order valence-electron chi connectivity index (χ0n) is 4.13. The first-order chi connectivity index (χ1) is 4.23. The third-order valence-corrected chi connectivity index (χ3v) is 0.270. The van der Waals surface area contributed by atoms with Crippen LogP contribution in [0.4, 0.5) is 12.9 Å². The van der Waals surface area contributed by atoms with Crippen molar-refractivity contribution in [2.75, 3.05) is 0 Å². The number of halogens is 3. The van der Waals surface area contributed by atoms with E-state index in [1.165, 1.54) is 6.33 Å². The normalized spacial score (nSPS) is 7.44. The van der Waals surface area contributed by atoms with E-state index in [2.05, 4.69) is 20.6 Å². The Balaban J connectivity index is 0.000000148. The number of nitrogens with zero attached hydrogens (tertiary/aromatic N) is 3. The summed E-state index contributed by atoms with van der Waals surface area (Å²) in [4.78, 5) is 0. The number of aromatic nitrogens is 4. The van der Waals surface area contributed by atoms with E-state index in [1.807, 2.05) is 0 Å². The van der Waals surface area contributed by atoms with Crippen LogP contribution in [0.3, 0.4) is 0 Å². The van der Waals surface area contributed by atoms with Crippen LogP contribution in [0, 0.1) is 0 Å². The van der Waals surface area contributed by atoms with Gasteiger partial charge in [0.15, 0.2) is 0 Å². The van der Waals surface area contributed by atoms with E-state index in [9.17, 15) is 12.9 Å². The van der Waals surface area contributed by atoms with Crippen LogP contribution in [-0.2, 0) is 0 Å². The van der Waals surface area contributed by atoms with E-state index >= 15 is 0 Å². The zero-order chi connectivity index (χ0) is 7.11. The maximum atomic E-state index is 9.67. The Bertz CT molecular complexity index is 99.4. The second kappa shape index (κ2) is 5.07. The Morgan fingerprint density at radius 3 is 2.00 bits per heavy atom. The molecule has 0 saturated carbocycles. The summed E-state index contributed by atoms with van der Waals surface area (Å²) >= 11 is 0. The van der Waals surface area contributed by atoms with Crippen molar-refractivity contribution in [2.45, 2.75) is 0 Å². The van der Waals surface area contributed by atoms with Gasteiger partial charge in [-0.05, 0) is 10.4 Å². The van der Waals surface area contributed by atoms with Gasteiger partial charge >= 0.3 is 7.54 Å². The van der Waals surface area contributed by atoms with Gasteiger partial charge in [-0.25, -0.2) is 5.10 Å². The lowest BCUT2D eigenvalue weighted by Crippen LogP contribution is -1.76. The van der Waals surface area contributed by atoms with Crippen molar-refractivity contribution in [2.24, 2.45) is 0 Å². The molecule has 0 amide bonds. The van der Waals surface area contributed by atoms with Crippen molar-refractivity contribution in [1.29, 1.82) is 0 Å². The van der Waals surface area contributed by atoms with E-state index in [-0.39, 0.29) is 0 Å². The molecule has 0 aliphatic carbocycles. The maximum absolute atomic E-state index is 9.67. The molecule has 1 N–H and O–H groups in total. The smallest absolute Gasteiger partial charge is 0.254 e. The Kier molecular flexibility index (Phi) is 4.46. The van der Waals surface area contributed by atoms with Gasteiger partial charge in [0.05, 0.1) is 0 Å². The molecule has 9 heavy (non-hydrogen) atoms. The van der Waals surface area contributed by atoms with E-state index in [1.54, 1.807) is 0 Å². The zero-order valence-corrected chi connectivity index (χ0v) is 4.13. The molecule has 8 heteroatoms. The maximum Gasteiger partial charge on any atom is 0.762 e. The number of H-pyrrole nitrogens is 1. The number of hydrogen-bond acceptors (Lipinski definition) is 3. The van der Waals surface area contributed by atoms with Crippen LogP contribution >= 0.6 is 0 Å². The Morgan fingerprint density at radius 2 is 1.89 bits per heavy atom. The fraction of sp³-hybridized carbons (Fsp3) is 0. The van der Waals surface area contributed by atoms with E-state index in [0.717, 1.165) is 0 Å². The molecule has 0 fully saturated rings. The van der Waals surface area contributed by atoms with Crippen molar-refractivity contribution >= 4 is 7.54 Å². The lowest BCUT2D eigenvalue weighted by atomic mass is 10.5. The van der Waals surface area contributed by atoms with E-state index in [4.69, 9.17) is 0 Å². The van der Waals surface area contributed by atoms with Crippen LogP contribution in [0.1, 0.15) is 0 Å². The second-order valence-electron chi connectivity index (χ2n) is 0.811. The Hall–Kier alpha value is -1.08. The highest BCUT2D eigenvalue weighted by Gasteiger charge is 2.06. The molecular weight excluding hydrogens is 136 g/mol. The topological polar surface area (TPSA) is 54.5 Å². The predicted molar refractivity (Wildman–Crippen MR) is 23.3 cm³/mol. The molecule has 1 aromatic heterocycles. The van der Waals surface area contributed by atoms with Crippen LogP contribution in [0.15, 0.2) is 6.33 Å². The van der Waals surface area contributed by atoms with Gasteiger partial charge in [-0.3, -0.25) is 12.9 Å². The van der Waals surface area contributed by atoms with E-state index in [0.29, 0.717) is 0 Å². The minimum absolute atomic E-state index is 1.40. The average Bonchev–Trinajstić information content (AvgIpc) is 2.11. The van der Waals surface area contributed by atoms with E-state index < -0.39 is 7.54 Å². The van der Waals surface area contributed by atoms with Crippen molar-refractivity contribution < 1.29 is 12.9 Å². The van der Waals surface area contributed by atoms with Gasteiger partial charge in [-0.1, -0.05) is 0 Å². The minimum Gasteiger partial charge on any atom is -0.254 e. The Labute approximate surface area is 48.7 Å². The largest absolute Gasteiger partial charge is 0.762 e. The van der Waals surface area contributed by atoms with Crippen molar-refractivity contribution in [3.05, 3.63) is 6.33 Å². The number of aromatic amines is 1. The van der Waals surface area contributed by atoms with Gasteiger partial charge in [0.25, 0.3) is 0 Å². The summed E-state index contributed by atoms with van der Waals surface area (Å²) in [6.45, 7) is 0. The molecule has 0 aromatic carbocycles. The van der Waals surface area contributed by atoms with Crippen molar-refractivity contribution in [1.82, 2.24) is 20.6 Å². The molecular formula is CH2BF3N4. The average molecular weight is 138 g/mol. The molecule has 1 heterocycles. The van der Waals surface area contributed by atoms with Gasteiger partial charge < -0.3 is 0 Å². The van der Waals surface area contributed by atoms with Crippen LogP contribution in [0.2, 0.25) is 0 Å². The number of rotatable bonds is 0. The molecule has 0 radical (unpaired) electrons. The van der Waals surface area contributed by atoms with Crippen LogP contribution < -0.4 is 0 Å². The van der Waals surface area contributed by atoms with Gasteiger partial charge in [0, 0.05) is 0 Å². The standard InChI is InChI=1S/CH2N4.BF3/c1-2-4-5-3-1;2-1(3)4/h1H,(H,2,3,4,5);. The summed E-state index contributed by atoms with van der Waals surface area (Å²) in [6, 6.07) is 0. The third-order valence-electron chi connectivity index (χ3n) is 0.270. The number of nitrogens with one attached hydrogen (secondary N) is 1. The summed E-state index contributed by atoms with van der Waals surface area (Å²) in [6.07, 6.45) is 1.40. The SMILES string of the molecule is FB(F)F.c1nnn[nH]1. The molecule has 0 unspecified atom stereocenters. The predicted octanol–water partition coefficient (Wildman–Crippen LogP) is 0.0795. The monoisotopic (exact) mass is 138 g/mol. The van der Waals surface area contributed by atoms with Crippen LogP contribution in [0.25, 0.3) is 0 Å². The lowest BCUT2D eigenvalue weighted by molar-refractivity contribution is 0.535. The molecule has 0 bridgehead atoms. The Morgan fingerprint density at radius 1 is 1.33 bits per heavy atom. The highest BCUT2D eigenvalue weighted by atomic mass is 19.4. The summed E-state index contributed by atoms with van der Waals surface area (Å²) in [7, 11) is -3.67. The van der Waals surface area contributed by atoms with Gasteiger partial charge in [-0.2, -0.15) is 0 Å². The first kappa shape index (κ1) is 7.92. The molecule has 4 nitrogen and oxygen atoms in total. The highest BCUT2D eigenvalue weighted by molar-refractivity contribution is 6.33. The highest BCUT2D eigenvalue weighted by Crippen LogP contribution is 1.80. The minimum atomic E-state index is -3.67. The van der Waals surface area contributed by atoms with Gasteiger partial charge in [0.1, 0.15) is 6.33 Å². The quantitative estimate of drug-likeness (QED) is 0.516. The molecule has 1 rings (SSSR count). The fourth-order valence-corrected chi connectivity index (χ4v) is 0.129. The molecule has 0 aliphatic rings. The second-order valence-corrected chi connectivity index (χ2v) is 0.811. The molecule has 50 valence electrons. The first-order valence-electron chi connectivity index (χ1n) is 1.83.